The van der Waals surface area contributed by atoms with E-state index in [-0.39, 0.29) is 18.1 Å². The largest absolute Gasteiger partial charge is 0.462 e. The summed E-state index contributed by atoms with van der Waals surface area (Å²) in [5, 5.41) is 2.88. The molecule has 0 radical (unpaired) electrons. The number of hydrogen-bond donors (Lipinski definition) is 0. The maximum absolute atomic E-state index is 12.5. The number of nitrogens with zero attached hydrogens (tertiary/aromatic N) is 6. The summed E-state index contributed by atoms with van der Waals surface area (Å²) in [4.78, 5) is 30.9. The molecule has 2 fully saturated rings. The second-order valence-electron chi connectivity index (χ2n) is 11.4. The van der Waals surface area contributed by atoms with Gasteiger partial charge in [0.2, 0.25) is 5.91 Å². The van der Waals surface area contributed by atoms with Crippen LogP contribution in [0.2, 0.25) is 5.02 Å². The minimum Gasteiger partial charge on any atom is -0.462 e. The van der Waals surface area contributed by atoms with Gasteiger partial charge in [0.1, 0.15) is 19.1 Å². The van der Waals surface area contributed by atoms with Gasteiger partial charge < -0.3 is 24.2 Å². The van der Waals surface area contributed by atoms with E-state index >= 15 is 0 Å². The number of amides is 1. The number of methoxy groups -OCH3 is 1. The number of carbonyl (C=O) groups is 1. The Morgan fingerprint density at radius 2 is 1.88 bits per heavy atom. The van der Waals surface area contributed by atoms with Crippen molar-refractivity contribution in [3.63, 3.8) is 0 Å². The molecule has 3 aliphatic rings. The molecule has 1 amide bonds. The average Bonchev–Trinajstić information content (AvgIpc) is 3.41. The fourth-order valence-electron chi connectivity index (χ4n) is 6.41. The van der Waals surface area contributed by atoms with E-state index in [4.69, 9.17) is 31.0 Å². The smallest absolute Gasteiger partial charge is 0.318 e. The maximum atomic E-state index is 12.5. The predicted molar refractivity (Wildman–Crippen MR) is 167 cm³/mol. The van der Waals surface area contributed by atoms with Crippen LogP contribution in [0.4, 0.5) is 15.9 Å². The summed E-state index contributed by atoms with van der Waals surface area (Å²) in [6.45, 7) is 4.42. The van der Waals surface area contributed by atoms with Crippen LogP contribution in [-0.4, -0.2) is 105 Å². The molecule has 6 rings (SSSR count). The van der Waals surface area contributed by atoms with E-state index in [0.29, 0.717) is 45.3 Å². The summed E-state index contributed by atoms with van der Waals surface area (Å²) >= 11 is 6.69. The molecule has 43 heavy (non-hydrogen) atoms. The maximum Gasteiger partial charge on any atom is 0.318 e. The van der Waals surface area contributed by atoms with Crippen LogP contribution in [-0.2, 0) is 22.5 Å². The molecule has 0 unspecified atom stereocenters. The zero-order valence-electron chi connectivity index (χ0n) is 24.7. The van der Waals surface area contributed by atoms with Crippen molar-refractivity contribution in [1.82, 2.24) is 19.8 Å². The lowest BCUT2D eigenvalue weighted by atomic mass is 10.0. The topological polar surface area (TPSA) is 74.3 Å². The molecule has 2 aromatic carbocycles. The number of aromatic nitrogens is 2. The molecule has 9 nitrogen and oxygen atoms in total. The van der Waals surface area contributed by atoms with Gasteiger partial charge in [0.25, 0.3) is 0 Å². The van der Waals surface area contributed by atoms with Gasteiger partial charge in [-0.1, -0.05) is 35.9 Å². The highest BCUT2D eigenvalue weighted by Gasteiger charge is 2.32. The Hall–Kier alpha value is -3.47. The molecule has 0 aliphatic carbocycles. The number of allylic oxidation sites excluding steroid dienone is 1. The molecule has 0 spiro atoms. The van der Waals surface area contributed by atoms with Gasteiger partial charge in [-0.15, -0.1) is 0 Å². The standard InChI is InChI=1S/C32H38ClFN6O3/c1-37-19-24(42-2)18-23(37)21-43-32-35-27-20-40(28-9-4-7-22-6-3-8-26(33)30(22)28)13-11-25(27)31(36-32)39-16-14-38(15-17-39)29(41)10-5-12-34/h3-10,23-24H,11-21H2,1-2H3/b10-5+/t23-,24+/m0/s1. The lowest BCUT2D eigenvalue weighted by Gasteiger charge is -2.38. The van der Waals surface area contributed by atoms with Crippen LogP contribution >= 0.6 is 11.6 Å². The van der Waals surface area contributed by atoms with Gasteiger partial charge in [0.15, 0.2) is 0 Å². The summed E-state index contributed by atoms with van der Waals surface area (Å²) in [6.07, 6.45) is 4.43. The van der Waals surface area contributed by atoms with Gasteiger partial charge in [0, 0.05) is 75.1 Å². The molecule has 1 aromatic heterocycles. The molecule has 3 aromatic rings. The van der Waals surface area contributed by atoms with Crippen LogP contribution in [0, 0.1) is 0 Å². The first-order valence-corrected chi connectivity index (χ1v) is 15.3. The van der Waals surface area contributed by atoms with Crippen LogP contribution in [0.1, 0.15) is 17.7 Å². The van der Waals surface area contributed by atoms with E-state index in [1.165, 1.54) is 12.2 Å². The molecule has 11 heteroatoms. The Morgan fingerprint density at radius 3 is 2.63 bits per heavy atom. The van der Waals surface area contributed by atoms with Gasteiger partial charge in [0.05, 0.1) is 23.4 Å². The number of fused-ring (bicyclic) bond motifs is 2. The Bertz CT molecular complexity index is 1490. The second kappa shape index (κ2) is 13.0. The van der Waals surface area contributed by atoms with Crippen molar-refractivity contribution >= 4 is 39.8 Å². The average molecular weight is 609 g/mol. The van der Waals surface area contributed by atoms with E-state index in [1.54, 1.807) is 12.0 Å². The van der Waals surface area contributed by atoms with Gasteiger partial charge in [-0.05, 0) is 43.5 Å². The summed E-state index contributed by atoms with van der Waals surface area (Å²) in [5.74, 6) is 0.710. The summed E-state index contributed by atoms with van der Waals surface area (Å²) in [6, 6.07) is 12.8. The number of alkyl halides is 1. The molecule has 2 atom stereocenters. The van der Waals surface area contributed by atoms with Crippen molar-refractivity contribution in [3.8, 4) is 6.01 Å². The van der Waals surface area contributed by atoms with Gasteiger partial charge >= 0.3 is 6.01 Å². The normalized spacial score (nSPS) is 21.2. The Morgan fingerprint density at radius 1 is 1.09 bits per heavy atom. The van der Waals surface area contributed by atoms with E-state index in [1.807, 2.05) is 12.1 Å². The van der Waals surface area contributed by atoms with Crippen molar-refractivity contribution in [2.24, 2.45) is 0 Å². The number of likely N-dealkylation sites (tertiary alicyclic amines) is 1. The van der Waals surface area contributed by atoms with Crippen molar-refractivity contribution in [3.05, 3.63) is 64.8 Å². The van der Waals surface area contributed by atoms with E-state index in [2.05, 4.69) is 46.0 Å². The Labute approximate surface area is 256 Å². The first kappa shape index (κ1) is 29.6. The van der Waals surface area contributed by atoms with Crippen molar-refractivity contribution in [2.45, 2.75) is 31.5 Å². The molecule has 228 valence electrons. The third kappa shape index (κ3) is 6.27. The molecule has 3 aliphatic heterocycles. The Balaban J connectivity index is 1.28. The van der Waals surface area contributed by atoms with Crippen LogP contribution in [0.5, 0.6) is 6.01 Å². The van der Waals surface area contributed by atoms with Crippen LogP contribution in [0.15, 0.2) is 48.6 Å². The lowest BCUT2D eigenvalue weighted by molar-refractivity contribution is -0.126. The molecule has 2 saturated heterocycles. The fraction of sp³-hybridized carbons (Fsp3) is 0.469. The van der Waals surface area contributed by atoms with E-state index in [0.717, 1.165) is 64.5 Å². The van der Waals surface area contributed by atoms with Gasteiger partial charge in [-0.2, -0.15) is 9.97 Å². The van der Waals surface area contributed by atoms with Gasteiger partial charge in [-0.25, -0.2) is 4.39 Å². The van der Waals surface area contributed by atoms with Crippen molar-refractivity contribution in [1.29, 1.82) is 0 Å². The minimum absolute atomic E-state index is 0.162. The summed E-state index contributed by atoms with van der Waals surface area (Å²) in [7, 11) is 3.84. The summed E-state index contributed by atoms with van der Waals surface area (Å²) < 4.78 is 24.4. The quantitative estimate of drug-likeness (QED) is 0.354. The van der Waals surface area contributed by atoms with Gasteiger partial charge in [-0.3, -0.25) is 9.69 Å². The van der Waals surface area contributed by atoms with Crippen LogP contribution in [0.25, 0.3) is 10.8 Å². The van der Waals surface area contributed by atoms with Crippen LogP contribution in [0.3, 0.4) is 0 Å². The number of halogens is 2. The number of rotatable bonds is 8. The molecule has 4 heterocycles. The number of benzene rings is 2. The molecule has 0 bridgehead atoms. The Kier molecular flexibility index (Phi) is 8.97. The number of ether oxygens (including phenoxy) is 2. The minimum atomic E-state index is -0.647. The highest BCUT2D eigenvalue weighted by Crippen LogP contribution is 2.37. The third-order valence-electron chi connectivity index (χ3n) is 8.82. The number of piperazine rings is 1. The number of carbonyl (C=O) groups excluding carboxylic acids is 1. The highest BCUT2D eigenvalue weighted by atomic mass is 35.5. The number of hydrogen-bond acceptors (Lipinski definition) is 8. The first-order chi connectivity index (χ1) is 20.9. The summed E-state index contributed by atoms with van der Waals surface area (Å²) in [5.41, 5.74) is 3.14. The molecule has 0 saturated carbocycles. The van der Waals surface area contributed by atoms with Crippen LogP contribution < -0.4 is 14.5 Å². The number of anilines is 2. The number of likely N-dealkylation sites (N-methyl/N-ethyl adjacent to an activating group) is 1. The van der Waals surface area contributed by atoms with E-state index < -0.39 is 6.67 Å². The van der Waals surface area contributed by atoms with Crippen molar-refractivity contribution in [2.75, 3.05) is 76.5 Å². The van der Waals surface area contributed by atoms with Crippen molar-refractivity contribution < 1.29 is 18.7 Å². The predicted octanol–water partition coefficient (Wildman–Crippen LogP) is 4.12. The molecular weight excluding hydrogens is 571 g/mol. The SMILES string of the molecule is CO[C@@H]1C[C@@H](COc2nc3c(c(N4CCN(C(=O)/C=C/CF)CC4)n2)CCN(c2cccc4cccc(Cl)c24)C3)N(C)C1. The monoisotopic (exact) mass is 608 g/mol. The second-order valence-corrected chi connectivity index (χ2v) is 11.8. The highest BCUT2D eigenvalue weighted by molar-refractivity contribution is 6.36. The molecular formula is C32H38ClFN6O3. The zero-order chi connectivity index (χ0) is 29.9. The fourth-order valence-corrected chi connectivity index (χ4v) is 6.69. The van der Waals surface area contributed by atoms with E-state index in [9.17, 15) is 9.18 Å². The third-order valence-corrected chi connectivity index (χ3v) is 9.14. The lowest BCUT2D eigenvalue weighted by Crippen LogP contribution is -2.49. The first-order valence-electron chi connectivity index (χ1n) is 14.9. The zero-order valence-corrected chi connectivity index (χ0v) is 25.5. The molecule has 0 N–H and O–H groups in total.